The summed E-state index contributed by atoms with van der Waals surface area (Å²) in [6.45, 7) is 2.89. The van der Waals surface area contributed by atoms with Crippen molar-refractivity contribution in [2.24, 2.45) is 7.05 Å². The fourth-order valence-corrected chi connectivity index (χ4v) is 2.99. The van der Waals surface area contributed by atoms with Crippen LogP contribution >= 0.6 is 15.9 Å². The number of nitrogens with zero attached hydrogens (tertiary/aromatic N) is 2. The lowest BCUT2D eigenvalue weighted by Crippen LogP contribution is -2.26. The van der Waals surface area contributed by atoms with Gasteiger partial charge in [0.15, 0.2) is 0 Å². The molecule has 0 aliphatic heterocycles. The van der Waals surface area contributed by atoms with Crippen LogP contribution in [0.2, 0.25) is 0 Å². The maximum absolute atomic E-state index is 13.3. The van der Waals surface area contributed by atoms with Gasteiger partial charge in [-0.25, -0.2) is 8.78 Å². The van der Waals surface area contributed by atoms with Gasteiger partial charge in [-0.15, -0.1) is 0 Å². The zero-order chi connectivity index (χ0) is 15.4. The lowest BCUT2D eigenvalue weighted by atomic mass is 10.0. The number of rotatable bonds is 6. The lowest BCUT2D eigenvalue weighted by molar-refractivity contribution is 0.488. The van der Waals surface area contributed by atoms with Crippen LogP contribution < -0.4 is 5.32 Å². The van der Waals surface area contributed by atoms with E-state index in [1.54, 1.807) is 10.9 Å². The zero-order valence-corrected chi connectivity index (χ0v) is 13.6. The average Bonchev–Trinajstić information content (AvgIpc) is 2.73. The van der Waals surface area contributed by atoms with Gasteiger partial charge in [-0.3, -0.25) is 4.68 Å². The van der Waals surface area contributed by atoms with Crippen LogP contribution in [-0.2, 0) is 13.5 Å². The lowest BCUT2D eigenvalue weighted by Gasteiger charge is -2.20. The molecule has 2 aromatic rings. The smallest absolute Gasteiger partial charge is 0.126 e. The first-order valence-electron chi connectivity index (χ1n) is 6.87. The number of halogens is 3. The molecule has 0 aliphatic rings. The van der Waals surface area contributed by atoms with E-state index >= 15 is 0 Å². The maximum Gasteiger partial charge on any atom is 0.126 e. The van der Waals surface area contributed by atoms with E-state index in [2.05, 4.69) is 33.3 Å². The molecule has 3 nitrogen and oxygen atoms in total. The Balaban J connectivity index is 2.28. The van der Waals surface area contributed by atoms with Crippen molar-refractivity contribution in [1.29, 1.82) is 0 Å². The first kappa shape index (κ1) is 16.1. The Kier molecular flexibility index (Phi) is 5.47. The highest BCUT2D eigenvalue weighted by molar-refractivity contribution is 9.10. The number of aryl methyl sites for hydroxylation is 1. The van der Waals surface area contributed by atoms with Crippen molar-refractivity contribution < 1.29 is 8.78 Å². The number of hydrogen-bond donors (Lipinski definition) is 1. The van der Waals surface area contributed by atoms with Crippen molar-refractivity contribution in [3.63, 3.8) is 0 Å². The van der Waals surface area contributed by atoms with Gasteiger partial charge in [0, 0.05) is 13.1 Å². The molecule has 0 spiro atoms. The molecule has 0 amide bonds. The van der Waals surface area contributed by atoms with Crippen LogP contribution in [0.4, 0.5) is 8.78 Å². The largest absolute Gasteiger partial charge is 0.308 e. The fourth-order valence-electron chi connectivity index (χ4n) is 2.36. The minimum Gasteiger partial charge on any atom is -0.308 e. The van der Waals surface area contributed by atoms with Gasteiger partial charge in [0.05, 0.1) is 22.4 Å². The number of aromatic nitrogens is 2. The van der Waals surface area contributed by atoms with Gasteiger partial charge < -0.3 is 5.32 Å². The van der Waals surface area contributed by atoms with Crippen molar-refractivity contribution in [2.45, 2.75) is 25.8 Å². The third-order valence-corrected chi connectivity index (χ3v) is 3.88. The average molecular weight is 358 g/mol. The molecule has 114 valence electrons. The SMILES string of the molecule is CCCNC(Cc1cc(F)cc(F)c1)c1c(Br)cnn1C. The van der Waals surface area contributed by atoms with Gasteiger partial charge in [0.1, 0.15) is 11.6 Å². The number of nitrogens with one attached hydrogen (secondary N) is 1. The Bertz CT molecular complexity index is 573. The highest BCUT2D eigenvalue weighted by Gasteiger charge is 2.19. The minimum atomic E-state index is -0.552. The van der Waals surface area contributed by atoms with Gasteiger partial charge in [0.2, 0.25) is 0 Å². The summed E-state index contributed by atoms with van der Waals surface area (Å²) in [5, 5.41) is 7.61. The second-order valence-electron chi connectivity index (χ2n) is 4.99. The molecule has 0 radical (unpaired) electrons. The van der Waals surface area contributed by atoms with Crippen LogP contribution in [0.5, 0.6) is 0 Å². The molecule has 1 aromatic carbocycles. The minimum absolute atomic E-state index is 0.0620. The van der Waals surface area contributed by atoms with Gasteiger partial charge in [0.25, 0.3) is 0 Å². The fraction of sp³-hybridized carbons (Fsp3) is 0.400. The van der Waals surface area contributed by atoms with E-state index in [1.807, 2.05) is 7.05 Å². The van der Waals surface area contributed by atoms with Crippen molar-refractivity contribution in [2.75, 3.05) is 6.54 Å². The molecule has 1 atom stereocenters. The molecule has 0 bridgehead atoms. The summed E-state index contributed by atoms with van der Waals surface area (Å²) in [5.74, 6) is -1.10. The molecule has 2 rings (SSSR count). The molecule has 0 aliphatic carbocycles. The summed E-state index contributed by atoms with van der Waals surface area (Å²) in [4.78, 5) is 0. The predicted octanol–water partition coefficient (Wildman–Crippen LogP) is 3.74. The van der Waals surface area contributed by atoms with Gasteiger partial charge >= 0.3 is 0 Å². The van der Waals surface area contributed by atoms with E-state index in [0.29, 0.717) is 12.0 Å². The number of benzene rings is 1. The third kappa shape index (κ3) is 4.11. The third-order valence-electron chi connectivity index (χ3n) is 3.27. The van der Waals surface area contributed by atoms with E-state index < -0.39 is 11.6 Å². The molecule has 1 unspecified atom stereocenters. The Labute approximate surface area is 131 Å². The van der Waals surface area contributed by atoms with E-state index in [0.717, 1.165) is 29.2 Å². The molecule has 1 heterocycles. The Morgan fingerprint density at radius 2 is 1.95 bits per heavy atom. The summed E-state index contributed by atoms with van der Waals surface area (Å²) in [6, 6.07) is 3.56. The van der Waals surface area contributed by atoms with Crippen molar-refractivity contribution in [3.05, 3.63) is 51.8 Å². The normalized spacial score (nSPS) is 12.6. The summed E-state index contributed by atoms with van der Waals surface area (Å²) >= 11 is 3.48. The standard InChI is InChI=1S/C15H18BrF2N3/c1-3-4-19-14(15-13(16)9-20-21(15)2)7-10-5-11(17)8-12(18)6-10/h5-6,8-9,14,19H,3-4,7H2,1-2H3. The van der Waals surface area contributed by atoms with Gasteiger partial charge in [-0.1, -0.05) is 6.92 Å². The Morgan fingerprint density at radius 3 is 2.48 bits per heavy atom. The zero-order valence-electron chi connectivity index (χ0n) is 12.0. The van der Waals surface area contributed by atoms with Crippen LogP contribution in [-0.4, -0.2) is 16.3 Å². The molecule has 1 N–H and O–H groups in total. The van der Waals surface area contributed by atoms with E-state index in [-0.39, 0.29) is 6.04 Å². The second-order valence-corrected chi connectivity index (χ2v) is 5.84. The Morgan fingerprint density at radius 1 is 1.29 bits per heavy atom. The van der Waals surface area contributed by atoms with Crippen molar-refractivity contribution >= 4 is 15.9 Å². The monoisotopic (exact) mass is 357 g/mol. The summed E-state index contributed by atoms with van der Waals surface area (Å²) in [6.07, 6.45) is 3.19. The Hall–Kier alpha value is -1.27. The van der Waals surface area contributed by atoms with Crippen LogP contribution in [0, 0.1) is 11.6 Å². The topological polar surface area (TPSA) is 29.9 Å². The molecule has 21 heavy (non-hydrogen) atoms. The van der Waals surface area contributed by atoms with Crippen molar-refractivity contribution in [3.8, 4) is 0 Å². The predicted molar refractivity (Wildman–Crippen MR) is 82.0 cm³/mol. The highest BCUT2D eigenvalue weighted by Crippen LogP contribution is 2.26. The molecule has 0 fully saturated rings. The van der Waals surface area contributed by atoms with Crippen LogP contribution in [0.3, 0.4) is 0 Å². The first-order chi connectivity index (χ1) is 10.0. The molecule has 0 saturated heterocycles. The van der Waals surface area contributed by atoms with Crippen LogP contribution in [0.15, 0.2) is 28.9 Å². The summed E-state index contributed by atoms with van der Waals surface area (Å²) in [7, 11) is 1.85. The van der Waals surface area contributed by atoms with Crippen LogP contribution in [0.1, 0.15) is 30.6 Å². The molecular formula is C15H18BrF2N3. The first-order valence-corrected chi connectivity index (χ1v) is 7.66. The van der Waals surface area contributed by atoms with Gasteiger partial charge in [-0.05, 0) is 53.0 Å². The molecular weight excluding hydrogens is 340 g/mol. The summed E-state index contributed by atoms with van der Waals surface area (Å²) < 4.78 is 29.3. The van der Waals surface area contributed by atoms with E-state index in [9.17, 15) is 8.78 Å². The quantitative estimate of drug-likeness (QED) is 0.853. The highest BCUT2D eigenvalue weighted by atomic mass is 79.9. The van der Waals surface area contributed by atoms with E-state index in [1.165, 1.54) is 12.1 Å². The maximum atomic E-state index is 13.3. The van der Waals surface area contributed by atoms with E-state index in [4.69, 9.17) is 0 Å². The second kappa shape index (κ2) is 7.13. The van der Waals surface area contributed by atoms with Crippen molar-refractivity contribution in [1.82, 2.24) is 15.1 Å². The van der Waals surface area contributed by atoms with Gasteiger partial charge in [-0.2, -0.15) is 5.10 Å². The summed E-state index contributed by atoms with van der Waals surface area (Å²) in [5.41, 5.74) is 1.59. The number of hydrogen-bond acceptors (Lipinski definition) is 2. The molecule has 6 heteroatoms. The molecule has 1 aromatic heterocycles. The molecule has 0 saturated carbocycles. The van der Waals surface area contributed by atoms with Crippen LogP contribution in [0.25, 0.3) is 0 Å².